The Balaban J connectivity index is 3.10. The highest BCUT2D eigenvalue weighted by Gasteiger charge is 2.32. The minimum atomic E-state index is -4.46. The van der Waals surface area contributed by atoms with Crippen molar-refractivity contribution < 1.29 is 18.3 Å². The van der Waals surface area contributed by atoms with E-state index < -0.39 is 24.9 Å². The zero-order valence-electron chi connectivity index (χ0n) is 9.81. The van der Waals surface area contributed by atoms with Gasteiger partial charge in [-0.3, -0.25) is 4.79 Å². The summed E-state index contributed by atoms with van der Waals surface area (Å²) in [6.45, 7) is -0.0596. The standard InChI is InChI=1S/C10H14F3N3O2/c1-2-15-4-3-14-8(9(15)18)16(5-6-17)7-10(11,12)13/h3-4,17H,2,5-7H2,1H3. The number of aliphatic hydroxyl groups excluding tert-OH is 1. The number of hydrogen-bond donors (Lipinski definition) is 1. The lowest BCUT2D eigenvalue weighted by atomic mass is 10.4. The average Bonchev–Trinajstić information content (AvgIpc) is 2.27. The Morgan fingerprint density at radius 3 is 2.67 bits per heavy atom. The number of halogens is 3. The molecule has 0 spiro atoms. The van der Waals surface area contributed by atoms with Crippen LogP contribution in [-0.2, 0) is 6.54 Å². The predicted molar refractivity (Wildman–Crippen MR) is 59.5 cm³/mol. The highest BCUT2D eigenvalue weighted by Crippen LogP contribution is 2.18. The van der Waals surface area contributed by atoms with Gasteiger partial charge in [0.15, 0.2) is 5.82 Å². The third-order valence-electron chi connectivity index (χ3n) is 2.28. The maximum Gasteiger partial charge on any atom is 0.405 e. The second-order valence-corrected chi connectivity index (χ2v) is 3.60. The fourth-order valence-corrected chi connectivity index (χ4v) is 1.50. The molecule has 0 amide bonds. The fourth-order valence-electron chi connectivity index (χ4n) is 1.50. The predicted octanol–water partition coefficient (Wildman–Crippen LogP) is 0.624. The molecule has 1 heterocycles. The van der Waals surface area contributed by atoms with Gasteiger partial charge in [-0.25, -0.2) is 4.98 Å². The summed E-state index contributed by atoms with van der Waals surface area (Å²) < 4.78 is 38.4. The summed E-state index contributed by atoms with van der Waals surface area (Å²) >= 11 is 0. The van der Waals surface area contributed by atoms with E-state index in [1.807, 2.05) is 0 Å². The quantitative estimate of drug-likeness (QED) is 0.848. The molecule has 8 heteroatoms. The van der Waals surface area contributed by atoms with Crippen LogP contribution >= 0.6 is 0 Å². The van der Waals surface area contributed by atoms with E-state index in [-0.39, 0.29) is 12.4 Å². The Hall–Kier alpha value is -1.57. The maximum absolute atomic E-state index is 12.4. The molecule has 0 radical (unpaired) electrons. The molecule has 0 unspecified atom stereocenters. The number of aliphatic hydroxyl groups is 1. The van der Waals surface area contributed by atoms with E-state index in [9.17, 15) is 18.0 Å². The van der Waals surface area contributed by atoms with Crippen molar-refractivity contribution in [2.45, 2.75) is 19.6 Å². The Morgan fingerprint density at radius 1 is 1.50 bits per heavy atom. The van der Waals surface area contributed by atoms with Gasteiger partial charge in [0.1, 0.15) is 6.54 Å². The largest absolute Gasteiger partial charge is 0.405 e. The Bertz CT molecular complexity index is 445. The molecule has 0 aromatic carbocycles. The van der Waals surface area contributed by atoms with Gasteiger partial charge in [-0.2, -0.15) is 13.2 Å². The lowest BCUT2D eigenvalue weighted by Gasteiger charge is -2.23. The molecule has 0 fully saturated rings. The third-order valence-corrected chi connectivity index (χ3v) is 2.28. The summed E-state index contributed by atoms with van der Waals surface area (Å²) in [4.78, 5) is 16.2. The molecular formula is C10H14F3N3O2. The Morgan fingerprint density at radius 2 is 2.17 bits per heavy atom. The molecule has 102 valence electrons. The van der Waals surface area contributed by atoms with Gasteiger partial charge in [0, 0.05) is 25.5 Å². The van der Waals surface area contributed by atoms with E-state index in [2.05, 4.69) is 4.98 Å². The number of aromatic nitrogens is 2. The second-order valence-electron chi connectivity index (χ2n) is 3.60. The first kappa shape index (κ1) is 14.5. The van der Waals surface area contributed by atoms with Crippen molar-refractivity contribution >= 4 is 5.82 Å². The van der Waals surface area contributed by atoms with E-state index in [1.165, 1.54) is 17.0 Å². The number of anilines is 1. The number of aryl methyl sites for hydroxylation is 1. The van der Waals surface area contributed by atoms with Crippen molar-refractivity contribution in [3.63, 3.8) is 0 Å². The second kappa shape index (κ2) is 5.85. The van der Waals surface area contributed by atoms with Crippen molar-refractivity contribution in [3.05, 3.63) is 22.7 Å². The molecule has 0 aliphatic carbocycles. The molecule has 0 aliphatic heterocycles. The molecule has 0 bridgehead atoms. The van der Waals surface area contributed by atoms with Crippen LogP contribution in [0.25, 0.3) is 0 Å². The van der Waals surface area contributed by atoms with Gasteiger partial charge in [-0.1, -0.05) is 0 Å². The topological polar surface area (TPSA) is 58.4 Å². The molecule has 1 aromatic rings. The van der Waals surface area contributed by atoms with Crippen molar-refractivity contribution in [1.29, 1.82) is 0 Å². The van der Waals surface area contributed by atoms with Gasteiger partial charge in [0.05, 0.1) is 6.61 Å². The van der Waals surface area contributed by atoms with E-state index in [4.69, 9.17) is 5.11 Å². The van der Waals surface area contributed by atoms with Crippen molar-refractivity contribution in [2.24, 2.45) is 0 Å². The highest BCUT2D eigenvalue weighted by atomic mass is 19.4. The van der Waals surface area contributed by atoms with Crippen molar-refractivity contribution in [3.8, 4) is 0 Å². The first-order valence-corrected chi connectivity index (χ1v) is 5.37. The van der Waals surface area contributed by atoms with Crippen LogP contribution in [0.2, 0.25) is 0 Å². The van der Waals surface area contributed by atoms with E-state index >= 15 is 0 Å². The van der Waals surface area contributed by atoms with Crippen LogP contribution in [-0.4, -0.2) is 40.5 Å². The van der Waals surface area contributed by atoms with Gasteiger partial charge < -0.3 is 14.6 Å². The smallest absolute Gasteiger partial charge is 0.395 e. The molecular weight excluding hydrogens is 251 g/mol. The van der Waals surface area contributed by atoms with Crippen LogP contribution in [0.4, 0.5) is 19.0 Å². The third kappa shape index (κ3) is 3.73. The molecule has 1 N–H and O–H groups in total. The van der Waals surface area contributed by atoms with Crippen LogP contribution in [0.1, 0.15) is 6.92 Å². The van der Waals surface area contributed by atoms with Crippen molar-refractivity contribution in [2.75, 3.05) is 24.6 Å². The molecule has 0 saturated heterocycles. The zero-order valence-corrected chi connectivity index (χ0v) is 9.81. The summed E-state index contributed by atoms with van der Waals surface area (Å²) in [5.74, 6) is -0.300. The van der Waals surface area contributed by atoms with Crippen LogP contribution in [0, 0.1) is 0 Å². The molecule has 0 saturated carbocycles. The molecule has 18 heavy (non-hydrogen) atoms. The normalized spacial score (nSPS) is 11.6. The van der Waals surface area contributed by atoms with Crippen LogP contribution in [0.15, 0.2) is 17.2 Å². The van der Waals surface area contributed by atoms with Gasteiger partial charge in [-0.05, 0) is 6.92 Å². The van der Waals surface area contributed by atoms with E-state index in [1.54, 1.807) is 6.92 Å². The number of nitrogens with zero attached hydrogens (tertiary/aromatic N) is 3. The summed E-state index contributed by atoms with van der Waals surface area (Å²) in [5, 5.41) is 8.77. The van der Waals surface area contributed by atoms with Crippen LogP contribution in [0.5, 0.6) is 0 Å². The summed E-state index contributed by atoms with van der Waals surface area (Å²) in [6.07, 6.45) is -1.80. The van der Waals surface area contributed by atoms with E-state index in [0.717, 1.165) is 4.90 Å². The molecule has 1 aromatic heterocycles. The van der Waals surface area contributed by atoms with E-state index in [0.29, 0.717) is 6.54 Å². The van der Waals surface area contributed by atoms with Gasteiger partial charge in [0.25, 0.3) is 5.56 Å². The SMILES string of the molecule is CCn1ccnc(N(CCO)CC(F)(F)F)c1=O. The summed E-state index contributed by atoms with van der Waals surface area (Å²) in [7, 11) is 0. The molecule has 1 rings (SSSR count). The Kier molecular flexibility index (Phi) is 4.71. The van der Waals surface area contributed by atoms with Crippen LogP contribution < -0.4 is 10.5 Å². The first-order chi connectivity index (χ1) is 8.39. The molecule has 0 aliphatic rings. The average molecular weight is 265 g/mol. The fraction of sp³-hybridized carbons (Fsp3) is 0.600. The molecule has 0 atom stereocenters. The minimum Gasteiger partial charge on any atom is -0.395 e. The van der Waals surface area contributed by atoms with Gasteiger partial charge >= 0.3 is 6.18 Å². The number of hydrogen-bond acceptors (Lipinski definition) is 4. The minimum absolute atomic E-state index is 0.296. The molecule has 5 nitrogen and oxygen atoms in total. The number of alkyl halides is 3. The summed E-state index contributed by atoms with van der Waals surface area (Å²) in [6, 6.07) is 0. The van der Waals surface area contributed by atoms with Gasteiger partial charge in [0.2, 0.25) is 0 Å². The zero-order chi connectivity index (χ0) is 13.8. The monoisotopic (exact) mass is 265 g/mol. The first-order valence-electron chi connectivity index (χ1n) is 5.37. The Labute approximate surface area is 101 Å². The van der Waals surface area contributed by atoms with Crippen molar-refractivity contribution in [1.82, 2.24) is 9.55 Å². The number of rotatable bonds is 5. The maximum atomic E-state index is 12.4. The van der Waals surface area contributed by atoms with Crippen LogP contribution in [0.3, 0.4) is 0 Å². The highest BCUT2D eigenvalue weighted by molar-refractivity contribution is 5.35. The summed E-state index contributed by atoms with van der Waals surface area (Å²) in [5.41, 5.74) is -0.599. The lowest BCUT2D eigenvalue weighted by molar-refractivity contribution is -0.120. The lowest BCUT2D eigenvalue weighted by Crippen LogP contribution is -2.41. The van der Waals surface area contributed by atoms with Gasteiger partial charge in [-0.15, -0.1) is 0 Å².